The van der Waals surface area contributed by atoms with E-state index in [2.05, 4.69) is 5.32 Å². The Morgan fingerprint density at radius 3 is 2.56 bits per heavy atom. The summed E-state index contributed by atoms with van der Waals surface area (Å²) in [7, 11) is 0. The second-order valence-electron chi connectivity index (χ2n) is 5.61. The van der Waals surface area contributed by atoms with Crippen LogP contribution < -0.4 is 10.1 Å². The van der Waals surface area contributed by atoms with Gasteiger partial charge in [0.1, 0.15) is 5.75 Å². The smallest absolute Gasteiger partial charge is 0.309 e. The van der Waals surface area contributed by atoms with Crippen molar-refractivity contribution in [2.45, 2.75) is 20.3 Å². The molecule has 0 aromatic heterocycles. The molecule has 1 N–H and O–H groups in total. The molecule has 0 aliphatic carbocycles. The lowest BCUT2D eigenvalue weighted by molar-refractivity contribution is -0.147. The zero-order chi connectivity index (χ0) is 18.2. The van der Waals surface area contributed by atoms with Crippen molar-refractivity contribution >= 4 is 29.2 Å². The van der Waals surface area contributed by atoms with Gasteiger partial charge in [-0.05, 0) is 49.2 Å². The number of ether oxygens (including phenoxy) is 2. The molecule has 5 nitrogen and oxygen atoms in total. The minimum absolute atomic E-state index is 0.0620. The van der Waals surface area contributed by atoms with Gasteiger partial charge < -0.3 is 14.8 Å². The van der Waals surface area contributed by atoms with E-state index in [1.807, 2.05) is 44.2 Å². The van der Waals surface area contributed by atoms with Gasteiger partial charge in [-0.25, -0.2) is 0 Å². The van der Waals surface area contributed by atoms with Gasteiger partial charge in [0.25, 0.3) is 5.91 Å². The molecule has 0 aliphatic rings. The van der Waals surface area contributed by atoms with E-state index < -0.39 is 11.9 Å². The molecule has 6 heteroatoms. The molecule has 2 rings (SSSR count). The third-order valence-electron chi connectivity index (χ3n) is 3.33. The van der Waals surface area contributed by atoms with Crippen LogP contribution in [0.1, 0.15) is 17.5 Å². The monoisotopic (exact) mass is 361 g/mol. The normalized spacial score (nSPS) is 10.2. The number of aryl methyl sites for hydroxylation is 2. The van der Waals surface area contributed by atoms with Gasteiger partial charge in [0.2, 0.25) is 0 Å². The number of hydrogen-bond donors (Lipinski definition) is 1. The molecular formula is C19H20ClNO4. The summed E-state index contributed by atoms with van der Waals surface area (Å²) >= 11 is 6.04. The number of hydrogen-bond acceptors (Lipinski definition) is 4. The predicted molar refractivity (Wildman–Crippen MR) is 97.1 cm³/mol. The van der Waals surface area contributed by atoms with Crippen molar-refractivity contribution in [2.75, 3.05) is 18.5 Å². The Bertz CT molecular complexity index is 761. The van der Waals surface area contributed by atoms with Crippen LogP contribution in [0.3, 0.4) is 0 Å². The molecular weight excluding hydrogens is 342 g/mol. The molecule has 0 saturated carbocycles. The van der Waals surface area contributed by atoms with Crippen molar-refractivity contribution in [1.29, 1.82) is 0 Å². The first-order valence-electron chi connectivity index (χ1n) is 7.85. The van der Waals surface area contributed by atoms with Crippen molar-refractivity contribution in [3.05, 3.63) is 58.6 Å². The quantitative estimate of drug-likeness (QED) is 0.759. The molecule has 0 bridgehead atoms. The van der Waals surface area contributed by atoms with Crippen molar-refractivity contribution in [3.8, 4) is 5.75 Å². The average molecular weight is 362 g/mol. The van der Waals surface area contributed by atoms with Crippen LogP contribution in [-0.4, -0.2) is 25.1 Å². The summed E-state index contributed by atoms with van der Waals surface area (Å²) < 4.78 is 10.4. The van der Waals surface area contributed by atoms with Gasteiger partial charge in [-0.1, -0.05) is 29.8 Å². The highest BCUT2D eigenvalue weighted by atomic mass is 35.5. The van der Waals surface area contributed by atoms with E-state index in [1.54, 1.807) is 12.1 Å². The largest absolute Gasteiger partial charge is 0.493 e. The first kappa shape index (κ1) is 18.8. The zero-order valence-electron chi connectivity index (χ0n) is 14.2. The van der Waals surface area contributed by atoms with E-state index in [0.717, 1.165) is 11.1 Å². The van der Waals surface area contributed by atoms with Gasteiger partial charge in [0.15, 0.2) is 6.61 Å². The second kappa shape index (κ2) is 9.08. The summed E-state index contributed by atoms with van der Waals surface area (Å²) in [5.41, 5.74) is 2.55. The fraction of sp³-hybridized carbons (Fsp3) is 0.263. The van der Waals surface area contributed by atoms with Gasteiger partial charge in [-0.15, -0.1) is 0 Å². The van der Waals surface area contributed by atoms with Crippen molar-refractivity contribution in [2.24, 2.45) is 0 Å². The molecule has 0 saturated heterocycles. The molecule has 0 radical (unpaired) electrons. The van der Waals surface area contributed by atoms with E-state index in [9.17, 15) is 9.59 Å². The highest BCUT2D eigenvalue weighted by Gasteiger charge is 2.10. The Morgan fingerprint density at radius 2 is 1.84 bits per heavy atom. The van der Waals surface area contributed by atoms with Crippen molar-refractivity contribution in [1.82, 2.24) is 0 Å². The number of carbonyl (C=O) groups is 2. The molecule has 0 fully saturated rings. The molecule has 0 spiro atoms. The maximum atomic E-state index is 11.8. The van der Waals surface area contributed by atoms with E-state index in [1.165, 1.54) is 0 Å². The summed E-state index contributed by atoms with van der Waals surface area (Å²) in [5, 5.41) is 3.04. The van der Waals surface area contributed by atoms with Crippen LogP contribution in [-0.2, 0) is 14.3 Å². The van der Waals surface area contributed by atoms with Crippen molar-refractivity contribution < 1.29 is 19.1 Å². The van der Waals surface area contributed by atoms with E-state index in [4.69, 9.17) is 21.1 Å². The van der Waals surface area contributed by atoms with Crippen LogP contribution >= 0.6 is 11.6 Å². The SMILES string of the molecule is Cc1cccc(OCCC(=O)OCC(=O)Nc2ccc(C)cc2Cl)c1. The predicted octanol–water partition coefficient (Wildman–Crippen LogP) is 3.91. The highest BCUT2D eigenvalue weighted by molar-refractivity contribution is 6.33. The Morgan fingerprint density at radius 1 is 1.08 bits per heavy atom. The van der Waals surface area contributed by atoms with Crippen LogP contribution in [0.15, 0.2) is 42.5 Å². The number of nitrogens with one attached hydrogen (secondary N) is 1. The summed E-state index contributed by atoms with van der Waals surface area (Å²) in [6.45, 7) is 3.68. The molecule has 1 amide bonds. The number of rotatable bonds is 7. The third kappa shape index (κ3) is 6.47. The first-order valence-corrected chi connectivity index (χ1v) is 8.23. The Labute approximate surface area is 151 Å². The van der Waals surface area contributed by atoms with Crippen LogP contribution in [0, 0.1) is 13.8 Å². The second-order valence-corrected chi connectivity index (χ2v) is 6.01. The van der Waals surface area contributed by atoms with Crippen molar-refractivity contribution in [3.63, 3.8) is 0 Å². The summed E-state index contributed by atoms with van der Waals surface area (Å²) in [6, 6.07) is 12.8. The summed E-state index contributed by atoms with van der Waals surface area (Å²) in [4.78, 5) is 23.5. The van der Waals surface area contributed by atoms with Gasteiger partial charge in [-0.2, -0.15) is 0 Å². The topological polar surface area (TPSA) is 64.6 Å². The maximum Gasteiger partial charge on any atom is 0.309 e. The summed E-state index contributed by atoms with van der Waals surface area (Å²) in [5.74, 6) is -0.254. The Kier molecular flexibility index (Phi) is 6.83. The molecule has 0 heterocycles. The Hall–Kier alpha value is -2.53. The van der Waals surface area contributed by atoms with Gasteiger partial charge in [0.05, 0.1) is 23.7 Å². The number of amides is 1. The van der Waals surface area contributed by atoms with Crippen LogP contribution in [0.5, 0.6) is 5.75 Å². The lowest BCUT2D eigenvalue weighted by Gasteiger charge is -2.09. The van der Waals surface area contributed by atoms with Gasteiger partial charge in [0, 0.05) is 0 Å². The number of esters is 1. The third-order valence-corrected chi connectivity index (χ3v) is 3.64. The van der Waals surface area contributed by atoms with E-state index >= 15 is 0 Å². The molecule has 132 valence electrons. The standard InChI is InChI=1S/C19H20ClNO4/c1-13-4-3-5-15(10-13)24-9-8-19(23)25-12-18(22)21-17-7-6-14(2)11-16(17)20/h3-7,10-11H,8-9,12H2,1-2H3,(H,21,22). The zero-order valence-corrected chi connectivity index (χ0v) is 14.9. The highest BCUT2D eigenvalue weighted by Crippen LogP contribution is 2.22. The summed E-state index contributed by atoms with van der Waals surface area (Å²) in [6.07, 6.45) is 0.0620. The molecule has 0 unspecified atom stereocenters. The number of carbonyl (C=O) groups excluding carboxylic acids is 2. The molecule has 2 aromatic rings. The van der Waals surface area contributed by atoms with Crippen LogP contribution in [0.2, 0.25) is 5.02 Å². The lowest BCUT2D eigenvalue weighted by atomic mass is 10.2. The molecule has 2 aromatic carbocycles. The maximum absolute atomic E-state index is 11.8. The fourth-order valence-electron chi connectivity index (χ4n) is 2.08. The molecule has 0 atom stereocenters. The minimum Gasteiger partial charge on any atom is -0.493 e. The Balaban J connectivity index is 1.69. The fourth-order valence-corrected chi connectivity index (χ4v) is 2.37. The number of halogens is 1. The molecule has 0 aliphatic heterocycles. The number of benzene rings is 2. The lowest BCUT2D eigenvalue weighted by Crippen LogP contribution is -2.21. The minimum atomic E-state index is -0.502. The van der Waals surface area contributed by atoms with E-state index in [0.29, 0.717) is 16.5 Å². The van der Waals surface area contributed by atoms with Gasteiger partial charge >= 0.3 is 5.97 Å². The van der Waals surface area contributed by atoms with Crippen LogP contribution in [0.25, 0.3) is 0 Å². The average Bonchev–Trinajstić information content (AvgIpc) is 2.56. The molecule has 25 heavy (non-hydrogen) atoms. The van der Waals surface area contributed by atoms with Crippen LogP contribution in [0.4, 0.5) is 5.69 Å². The first-order chi connectivity index (χ1) is 11.9. The number of anilines is 1. The van der Waals surface area contributed by atoms with Gasteiger partial charge in [-0.3, -0.25) is 9.59 Å². The van der Waals surface area contributed by atoms with E-state index in [-0.39, 0.29) is 19.6 Å².